The van der Waals surface area contributed by atoms with E-state index in [1.807, 2.05) is 14.0 Å². The highest BCUT2D eigenvalue weighted by Crippen LogP contribution is 2.22. The molecule has 1 aromatic heterocycles. The van der Waals surface area contributed by atoms with E-state index in [2.05, 4.69) is 34.9 Å². The van der Waals surface area contributed by atoms with Crippen LogP contribution in [-0.4, -0.2) is 26.6 Å². The molecule has 1 aromatic rings. The number of aromatic nitrogens is 2. The standard InChI is InChI=1S/C12H19BrN2OS/c1-5-8(2)17-7-10(16)6-11-12(13)9(3)14-15(11)4/h8H,5-7H2,1-4H3. The second kappa shape index (κ2) is 6.59. The van der Waals surface area contributed by atoms with E-state index in [0.29, 0.717) is 17.4 Å². The minimum Gasteiger partial charge on any atom is -0.298 e. The minimum absolute atomic E-state index is 0.263. The lowest BCUT2D eigenvalue weighted by Gasteiger charge is -2.07. The number of aryl methyl sites for hydroxylation is 2. The number of rotatable bonds is 6. The van der Waals surface area contributed by atoms with Crippen molar-refractivity contribution in [3.05, 3.63) is 15.9 Å². The summed E-state index contributed by atoms with van der Waals surface area (Å²) in [6.45, 7) is 6.23. The van der Waals surface area contributed by atoms with Gasteiger partial charge in [0.05, 0.1) is 28.0 Å². The molecule has 5 heteroatoms. The van der Waals surface area contributed by atoms with E-state index < -0.39 is 0 Å². The fraction of sp³-hybridized carbons (Fsp3) is 0.667. The zero-order valence-corrected chi connectivity index (χ0v) is 13.2. The fourth-order valence-electron chi connectivity index (χ4n) is 1.46. The molecule has 0 saturated carbocycles. The average molecular weight is 319 g/mol. The molecule has 1 heterocycles. The molecule has 0 radical (unpaired) electrons. The highest BCUT2D eigenvalue weighted by molar-refractivity contribution is 9.10. The highest BCUT2D eigenvalue weighted by atomic mass is 79.9. The van der Waals surface area contributed by atoms with E-state index in [1.54, 1.807) is 16.4 Å². The molecule has 0 spiro atoms. The average Bonchev–Trinajstić information content (AvgIpc) is 2.53. The lowest BCUT2D eigenvalue weighted by Crippen LogP contribution is -2.11. The van der Waals surface area contributed by atoms with Gasteiger partial charge in [-0.3, -0.25) is 9.48 Å². The van der Waals surface area contributed by atoms with E-state index >= 15 is 0 Å². The third kappa shape index (κ3) is 4.14. The van der Waals surface area contributed by atoms with Crippen molar-refractivity contribution in [2.75, 3.05) is 5.75 Å². The van der Waals surface area contributed by atoms with Crippen LogP contribution in [0.15, 0.2) is 4.47 Å². The van der Waals surface area contributed by atoms with E-state index in [4.69, 9.17) is 0 Å². The molecular weight excluding hydrogens is 300 g/mol. The minimum atomic E-state index is 0.263. The van der Waals surface area contributed by atoms with Gasteiger partial charge < -0.3 is 0 Å². The van der Waals surface area contributed by atoms with Gasteiger partial charge in [-0.15, -0.1) is 0 Å². The van der Waals surface area contributed by atoms with Gasteiger partial charge in [0, 0.05) is 12.3 Å². The maximum absolute atomic E-state index is 11.9. The monoisotopic (exact) mass is 318 g/mol. The number of hydrogen-bond acceptors (Lipinski definition) is 3. The van der Waals surface area contributed by atoms with Gasteiger partial charge >= 0.3 is 0 Å². The molecule has 3 nitrogen and oxygen atoms in total. The summed E-state index contributed by atoms with van der Waals surface area (Å²) >= 11 is 5.21. The van der Waals surface area contributed by atoms with Crippen LogP contribution in [0.4, 0.5) is 0 Å². The molecule has 0 aliphatic heterocycles. The number of halogens is 1. The van der Waals surface area contributed by atoms with Crippen molar-refractivity contribution < 1.29 is 4.79 Å². The summed E-state index contributed by atoms with van der Waals surface area (Å²) < 4.78 is 2.74. The molecule has 0 N–H and O–H groups in total. The van der Waals surface area contributed by atoms with Gasteiger partial charge in [0.1, 0.15) is 5.78 Å². The third-order valence-electron chi connectivity index (χ3n) is 2.73. The molecule has 1 unspecified atom stereocenters. The van der Waals surface area contributed by atoms with Crippen molar-refractivity contribution in [3.63, 3.8) is 0 Å². The Labute approximate surface area is 115 Å². The lowest BCUT2D eigenvalue weighted by molar-refractivity contribution is -0.116. The Morgan fingerprint density at radius 2 is 2.24 bits per heavy atom. The predicted octanol–water partition coefficient (Wildman–Crippen LogP) is 3.13. The number of nitrogens with zero attached hydrogens (tertiary/aromatic N) is 2. The highest BCUT2D eigenvalue weighted by Gasteiger charge is 2.14. The molecule has 0 amide bonds. The van der Waals surface area contributed by atoms with Crippen LogP contribution in [0.1, 0.15) is 31.7 Å². The number of ketones is 1. The predicted molar refractivity (Wildman–Crippen MR) is 76.6 cm³/mol. The van der Waals surface area contributed by atoms with Crippen molar-refractivity contribution in [1.82, 2.24) is 9.78 Å². The first kappa shape index (κ1) is 14.8. The molecule has 0 saturated heterocycles. The first-order valence-corrected chi connectivity index (χ1v) is 7.61. The van der Waals surface area contributed by atoms with Crippen LogP contribution in [-0.2, 0) is 18.3 Å². The molecule has 1 atom stereocenters. The van der Waals surface area contributed by atoms with Crippen LogP contribution in [0.25, 0.3) is 0 Å². The van der Waals surface area contributed by atoms with Crippen LogP contribution >= 0.6 is 27.7 Å². The summed E-state index contributed by atoms with van der Waals surface area (Å²) in [6, 6.07) is 0. The number of thioether (sulfide) groups is 1. The Kier molecular flexibility index (Phi) is 5.73. The molecule has 0 aliphatic carbocycles. The van der Waals surface area contributed by atoms with E-state index in [-0.39, 0.29) is 5.78 Å². The van der Waals surface area contributed by atoms with Gasteiger partial charge in [-0.25, -0.2) is 0 Å². The molecule has 0 bridgehead atoms. The fourth-order valence-corrected chi connectivity index (χ4v) is 2.75. The Morgan fingerprint density at radius 1 is 1.59 bits per heavy atom. The Morgan fingerprint density at radius 3 is 2.71 bits per heavy atom. The maximum atomic E-state index is 11.9. The van der Waals surface area contributed by atoms with Crippen molar-refractivity contribution in [1.29, 1.82) is 0 Å². The smallest absolute Gasteiger partial charge is 0.148 e. The van der Waals surface area contributed by atoms with Crippen molar-refractivity contribution in [2.24, 2.45) is 7.05 Å². The summed E-state index contributed by atoms with van der Waals surface area (Å²) in [7, 11) is 1.88. The summed E-state index contributed by atoms with van der Waals surface area (Å²) in [4.78, 5) is 11.9. The molecule has 0 fully saturated rings. The van der Waals surface area contributed by atoms with Crippen molar-refractivity contribution in [3.8, 4) is 0 Å². The van der Waals surface area contributed by atoms with Crippen molar-refractivity contribution in [2.45, 2.75) is 38.9 Å². The molecule has 0 aromatic carbocycles. The van der Waals surface area contributed by atoms with E-state index in [9.17, 15) is 4.79 Å². The zero-order chi connectivity index (χ0) is 13.0. The summed E-state index contributed by atoms with van der Waals surface area (Å²) in [5, 5.41) is 4.84. The Balaban J connectivity index is 2.56. The van der Waals surface area contributed by atoms with Crippen LogP contribution in [0.3, 0.4) is 0 Å². The van der Waals surface area contributed by atoms with E-state index in [1.165, 1.54) is 0 Å². The largest absolute Gasteiger partial charge is 0.298 e. The topological polar surface area (TPSA) is 34.9 Å². The Bertz CT molecular complexity index is 403. The molecule has 1 rings (SSSR count). The molecular formula is C12H19BrN2OS. The van der Waals surface area contributed by atoms with Crippen LogP contribution < -0.4 is 0 Å². The van der Waals surface area contributed by atoms with Crippen LogP contribution in [0.5, 0.6) is 0 Å². The number of carbonyl (C=O) groups is 1. The second-order valence-electron chi connectivity index (χ2n) is 4.22. The quantitative estimate of drug-likeness (QED) is 0.808. The number of hydrogen-bond donors (Lipinski definition) is 0. The SMILES string of the molecule is CCC(C)SCC(=O)Cc1c(Br)c(C)nn1C. The van der Waals surface area contributed by atoms with Gasteiger partial charge in [-0.05, 0) is 29.3 Å². The van der Waals surface area contributed by atoms with Crippen LogP contribution in [0, 0.1) is 6.92 Å². The summed E-state index contributed by atoms with van der Waals surface area (Å²) in [5.41, 5.74) is 1.90. The number of carbonyl (C=O) groups excluding carboxylic acids is 1. The lowest BCUT2D eigenvalue weighted by atomic mass is 10.2. The third-order valence-corrected chi connectivity index (χ3v) is 5.15. The second-order valence-corrected chi connectivity index (χ2v) is 6.43. The molecule has 96 valence electrons. The van der Waals surface area contributed by atoms with E-state index in [0.717, 1.165) is 22.3 Å². The summed E-state index contributed by atoms with van der Waals surface area (Å²) in [6.07, 6.45) is 1.56. The summed E-state index contributed by atoms with van der Waals surface area (Å²) in [5.74, 6) is 0.852. The molecule has 17 heavy (non-hydrogen) atoms. The van der Waals surface area contributed by atoms with Gasteiger partial charge in [-0.2, -0.15) is 16.9 Å². The number of Topliss-reactive ketones (excluding diaryl/α,β-unsaturated/α-hetero) is 1. The van der Waals surface area contributed by atoms with Gasteiger partial charge in [0.25, 0.3) is 0 Å². The van der Waals surface area contributed by atoms with Crippen LogP contribution in [0.2, 0.25) is 0 Å². The van der Waals surface area contributed by atoms with Crippen molar-refractivity contribution >= 4 is 33.5 Å². The molecule has 0 aliphatic rings. The first-order valence-electron chi connectivity index (χ1n) is 5.77. The van der Waals surface area contributed by atoms with Gasteiger partial charge in [0.2, 0.25) is 0 Å². The first-order chi connectivity index (χ1) is 7.95. The normalized spacial score (nSPS) is 12.8. The zero-order valence-electron chi connectivity index (χ0n) is 10.8. The maximum Gasteiger partial charge on any atom is 0.148 e. The van der Waals surface area contributed by atoms with Gasteiger partial charge in [0.15, 0.2) is 0 Å². The Hall–Kier alpha value is -0.290. The van der Waals surface area contributed by atoms with Gasteiger partial charge in [-0.1, -0.05) is 13.8 Å².